The van der Waals surface area contributed by atoms with Crippen molar-refractivity contribution in [2.75, 3.05) is 5.73 Å². The van der Waals surface area contributed by atoms with Gasteiger partial charge in [0, 0.05) is 12.1 Å². The van der Waals surface area contributed by atoms with Gasteiger partial charge in [-0.2, -0.15) is 4.68 Å². The molecule has 2 N–H and O–H groups in total. The van der Waals surface area contributed by atoms with Gasteiger partial charge in [-0.05, 0) is 32.9 Å². The summed E-state index contributed by atoms with van der Waals surface area (Å²) in [7, 11) is 0. The van der Waals surface area contributed by atoms with Crippen LogP contribution in [0.2, 0.25) is 0 Å². The largest absolute Gasteiger partial charge is 0.691 e. The monoisotopic (exact) mass is 305 g/mol. The van der Waals surface area contributed by atoms with Crippen LogP contribution in [0.15, 0.2) is 29.4 Å². The van der Waals surface area contributed by atoms with Gasteiger partial charge in [-0.3, -0.25) is 10.1 Å². The second kappa shape index (κ2) is 5.39. The highest BCUT2D eigenvalue weighted by Crippen LogP contribution is 2.24. The van der Waals surface area contributed by atoms with E-state index in [4.69, 9.17) is 5.73 Å². The van der Waals surface area contributed by atoms with Crippen LogP contribution in [-0.4, -0.2) is 30.3 Å². The van der Waals surface area contributed by atoms with Gasteiger partial charge in [-0.1, -0.05) is 0 Å². The second-order valence-corrected chi connectivity index (χ2v) is 5.53. The molecule has 0 amide bonds. The molecule has 0 aliphatic carbocycles. The molecule has 1 heterocycles. The van der Waals surface area contributed by atoms with Crippen LogP contribution in [0.25, 0.3) is 5.69 Å². The first kappa shape index (κ1) is 15.4. The molecule has 0 spiro atoms. The van der Waals surface area contributed by atoms with Gasteiger partial charge in [-0.15, -0.1) is 9.97 Å². The van der Waals surface area contributed by atoms with E-state index in [0.717, 1.165) is 0 Å². The lowest BCUT2D eigenvalue weighted by Gasteiger charge is -2.12. The zero-order valence-corrected chi connectivity index (χ0v) is 12.3. The van der Waals surface area contributed by atoms with Gasteiger partial charge in [0.1, 0.15) is 5.10 Å². The Bertz CT molecular complexity index is 728. The highest BCUT2D eigenvalue weighted by molar-refractivity contribution is 5.52. The third kappa shape index (κ3) is 3.16. The minimum atomic E-state index is -0.592. The normalized spacial score (nSPS) is 12.4. The molecule has 2 aromatic rings. The maximum Gasteiger partial charge on any atom is 0.418 e. The minimum Gasteiger partial charge on any atom is -0.691 e. The third-order valence-electron chi connectivity index (χ3n) is 2.56. The highest BCUT2D eigenvalue weighted by Gasteiger charge is 2.23. The molecule has 0 atom stereocenters. The van der Waals surface area contributed by atoms with Crippen LogP contribution in [0.1, 0.15) is 20.8 Å². The second-order valence-electron chi connectivity index (χ2n) is 5.53. The molecule has 0 saturated heterocycles. The van der Waals surface area contributed by atoms with Crippen LogP contribution in [0.3, 0.4) is 0 Å². The molecule has 0 saturated carbocycles. The smallest absolute Gasteiger partial charge is 0.418 e. The van der Waals surface area contributed by atoms with E-state index in [1.54, 1.807) is 20.8 Å². The van der Waals surface area contributed by atoms with E-state index in [0.29, 0.717) is 10.5 Å². The summed E-state index contributed by atoms with van der Waals surface area (Å²) in [6.45, 7) is 5.28. The summed E-state index contributed by atoms with van der Waals surface area (Å²) in [6, 6.07) is 5.54. The molecule has 2 rings (SSSR count). The van der Waals surface area contributed by atoms with Crippen molar-refractivity contribution >= 4 is 17.3 Å². The van der Waals surface area contributed by atoms with Gasteiger partial charge >= 0.3 is 5.82 Å². The summed E-state index contributed by atoms with van der Waals surface area (Å²) in [5.74, 6) is -0.134. The highest BCUT2D eigenvalue weighted by atomic mass is 16.6. The lowest BCUT2D eigenvalue weighted by molar-refractivity contribution is -0.452. The number of hydrogen-bond donors (Lipinski definition) is 1. The average molecular weight is 305 g/mol. The fourth-order valence-electron chi connectivity index (χ4n) is 1.64. The summed E-state index contributed by atoms with van der Waals surface area (Å²) in [5, 5.41) is 33.9. The number of hydrogen-bond acceptors (Lipinski definition) is 7. The zero-order valence-electron chi connectivity index (χ0n) is 12.3. The number of nitro groups is 1. The lowest BCUT2D eigenvalue weighted by Crippen LogP contribution is -2.13. The van der Waals surface area contributed by atoms with Crippen LogP contribution in [-0.2, 0) is 0 Å². The van der Waals surface area contributed by atoms with Crippen molar-refractivity contribution in [1.82, 2.24) is 15.0 Å². The number of rotatable bonds is 3. The number of azo groups is 1. The number of non-ortho nitro benzene ring substituents is 1. The van der Waals surface area contributed by atoms with Crippen molar-refractivity contribution in [1.29, 1.82) is 0 Å². The molecule has 0 aliphatic rings. The van der Waals surface area contributed by atoms with Gasteiger partial charge in [0.2, 0.25) is 5.82 Å². The maximum absolute atomic E-state index is 11.9. The Kier molecular flexibility index (Phi) is 3.76. The number of nitrogen functional groups attached to an aromatic ring is 1. The van der Waals surface area contributed by atoms with Crippen molar-refractivity contribution in [3.63, 3.8) is 0 Å². The summed E-state index contributed by atoms with van der Waals surface area (Å²) in [5.41, 5.74) is 5.65. The van der Waals surface area contributed by atoms with Crippen LogP contribution in [0.4, 0.5) is 17.3 Å². The van der Waals surface area contributed by atoms with E-state index in [-0.39, 0.29) is 17.3 Å². The first-order valence-corrected chi connectivity index (χ1v) is 6.35. The van der Waals surface area contributed by atoms with Gasteiger partial charge in [0.15, 0.2) is 0 Å². The van der Waals surface area contributed by atoms with Crippen LogP contribution >= 0.6 is 0 Å². The molecule has 1 aromatic heterocycles. The summed E-state index contributed by atoms with van der Waals surface area (Å²) >= 11 is 0. The molecule has 0 radical (unpaired) electrons. The Hall–Kier alpha value is -3.04. The van der Waals surface area contributed by atoms with Crippen LogP contribution in [0, 0.1) is 15.3 Å². The van der Waals surface area contributed by atoms with E-state index >= 15 is 0 Å². The minimum absolute atomic E-state index is 0.00291. The molecule has 0 bridgehead atoms. The third-order valence-corrected chi connectivity index (χ3v) is 2.56. The number of aromatic nitrogens is 3. The first-order chi connectivity index (χ1) is 10.2. The topological polar surface area (TPSA) is 138 Å². The van der Waals surface area contributed by atoms with Crippen molar-refractivity contribution in [3.8, 4) is 5.69 Å². The number of benzene rings is 1. The van der Waals surface area contributed by atoms with E-state index in [2.05, 4.69) is 15.4 Å². The van der Waals surface area contributed by atoms with Crippen molar-refractivity contribution < 1.29 is 9.78 Å². The summed E-state index contributed by atoms with van der Waals surface area (Å²) < 4.78 is 1.21. The molecule has 0 unspecified atom stereocenters. The molecule has 10 heteroatoms. The average Bonchev–Trinajstić information content (AvgIpc) is 2.79. The molecule has 1 aromatic carbocycles. The molecular formula is C12H15N7O3. The predicted octanol–water partition coefficient (Wildman–Crippen LogP) is 2.15. The fraction of sp³-hybridized carbons (Fsp3) is 0.333. The van der Waals surface area contributed by atoms with E-state index in [9.17, 15) is 15.3 Å². The zero-order chi connectivity index (χ0) is 16.5. The summed E-state index contributed by atoms with van der Waals surface area (Å²) in [6.07, 6.45) is 0. The van der Waals surface area contributed by atoms with Crippen LogP contribution < -0.4 is 5.73 Å². The molecule has 116 valence electrons. The summed E-state index contributed by atoms with van der Waals surface area (Å²) in [4.78, 5) is 10.4. The molecule has 10 nitrogen and oxygen atoms in total. The number of nitro benzene ring substituents is 1. The standard InChI is InChI=1S/C12H15N7O3/c1-12(2,3)15-18(20)11-10(13)17(16-14-11)8-4-6-9(7-5-8)19(21)22/h4-7H,13H2,1-3H3. The van der Waals surface area contributed by atoms with Gasteiger partial charge in [-0.25, -0.2) is 0 Å². The maximum atomic E-state index is 11.9. The molecule has 0 fully saturated rings. The Balaban J connectivity index is 2.39. The van der Waals surface area contributed by atoms with Crippen molar-refractivity contribution in [3.05, 3.63) is 39.6 Å². The Labute approximate surface area is 125 Å². The molecule has 22 heavy (non-hydrogen) atoms. The van der Waals surface area contributed by atoms with Gasteiger partial charge < -0.3 is 10.9 Å². The number of anilines is 1. The fourth-order valence-corrected chi connectivity index (χ4v) is 1.64. The quantitative estimate of drug-likeness (QED) is 0.399. The van der Waals surface area contributed by atoms with E-state index in [1.807, 2.05) is 0 Å². The van der Waals surface area contributed by atoms with E-state index in [1.165, 1.54) is 28.9 Å². The number of nitrogens with two attached hydrogens (primary N) is 1. The molecule has 0 aliphatic heterocycles. The van der Waals surface area contributed by atoms with Gasteiger partial charge in [0.25, 0.3) is 5.69 Å². The Morgan fingerprint density at radius 3 is 2.32 bits per heavy atom. The van der Waals surface area contributed by atoms with Gasteiger partial charge in [0.05, 0.1) is 21.4 Å². The van der Waals surface area contributed by atoms with E-state index < -0.39 is 10.5 Å². The van der Waals surface area contributed by atoms with Crippen molar-refractivity contribution in [2.24, 2.45) is 5.11 Å². The molecular weight excluding hydrogens is 290 g/mol. The predicted molar refractivity (Wildman–Crippen MR) is 77.9 cm³/mol. The SMILES string of the molecule is CC(C)(C)N=[N+]([O-])c1nnn(-c2ccc([N+](=O)[O-])cc2)c1N. The Morgan fingerprint density at radius 1 is 1.23 bits per heavy atom. The lowest BCUT2D eigenvalue weighted by atomic mass is 10.1. The first-order valence-electron chi connectivity index (χ1n) is 6.35. The number of nitrogens with zero attached hydrogens (tertiary/aromatic N) is 6. The Morgan fingerprint density at radius 2 is 1.82 bits per heavy atom. The van der Waals surface area contributed by atoms with Crippen LogP contribution in [0.5, 0.6) is 0 Å². The van der Waals surface area contributed by atoms with Crippen molar-refractivity contribution in [2.45, 2.75) is 26.3 Å².